The Morgan fingerprint density at radius 1 is 1.22 bits per heavy atom. The molecule has 1 amide bonds. The van der Waals surface area contributed by atoms with Crippen molar-refractivity contribution in [2.75, 3.05) is 5.32 Å². The summed E-state index contributed by atoms with van der Waals surface area (Å²) in [6.07, 6.45) is 0.255. The fourth-order valence-electron chi connectivity index (χ4n) is 2.23. The fraction of sp³-hybridized carbons (Fsp3) is 0.111. The number of anilines is 1. The van der Waals surface area contributed by atoms with Crippen molar-refractivity contribution in [2.24, 2.45) is 0 Å². The summed E-state index contributed by atoms with van der Waals surface area (Å²) in [6.45, 7) is 1.91. The molecule has 0 unspecified atom stereocenters. The van der Waals surface area contributed by atoms with Crippen LogP contribution in [0.5, 0.6) is 0 Å². The summed E-state index contributed by atoms with van der Waals surface area (Å²) in [5.74, 6) is -0.0830. The highest BCUT2D eigenvalue weighted by molar-refractivity contribution is 7.13. The Kier molecular flexibility index (Phi) is 4.74. The Morgan fingerprint density at radius 2 is 2.00 bits per heavy atom. The molecule has 0 spiro atoms. The summed E-state index contributed by atoms with van der Waals surface area (Å²) in [7, 11) is 0. The first-order valence-corrected chi connectivity index (χ1v) is 8.43. The maximum Gasteiger partial charge on any atom is 0.230 e. The molecule has 0 aliphatic heterocycles. The van der Waals surface area contributed by atoms with Crippen LogP contribution in [0.3, 0.4) is 0 Å². The van der Waals surface area contributed by atoms with Crippen LogP contribution in [-0.4, -0.2) is 10.9 Å². The van der Waals surface area contributed by atoms with Gasteiger partial charge in [-0.2, -0.15) is 0 Å². The Morgan fingerprint density at radius 3 is 2.74 bits per heavy atom. The van der Waals surface area contributed by atoms with E-state index in [4.69, 9.17) is 11.6 Å². The van der Waals surface area contributed by atoms with Crippen LogP contribution in [-0.2, 0) is 11.2 Å². The van der Waals surface area contributed by atoms with Crippen molar-refractivity contribution in [1.82, 2.24) is 4.98 Å². The highest BCUT2D eigenvalue weighted by atomic mass is 35.5. The van der Waals surface area contributed by atoms with Crippen LogP contribution < -0.4 is 5.32 Å². The molecule has 1 aromatic heterocycles. The van der Waals surface area contributed by atoms with Crippen molar-refractivity contribution in [3.63, 3.8) is 0 Å². The third-order valence-electron chi connectivity index (χ3n) is 3.38. The van der Waals surface area contributed by atoms with Crippen LogP contribution in [0.4, 0.5) is 5.69 Å². The zero-order chi connectivity index (χ0) is 16.2. The quantitative estimate of drug-likeness (QED) is 0.728. The van der Waals surface area contributed by atoms with E-state index in [1.165, 1.54) is 0 Å². The molecule has 116 valence electrons. The van der Waals surface area contributed by atoms with E-state index in [2.05, 4.69) is 10.3 Å². The molecule has 5 heteroatoms. The third kappa shape index (κ3) is 3.97. The number of rotatable bonds is 4. The van der Waals surface area contributed by atoms with Gasteiger partial charge in [0.05, 0.1) is 12.1 Å². The molecule has 0 saturated heterocycles. The molecule has 1 heterocycles. The van der Waals surface area contributed by atoms with E-state index >= 15 is 0 Å². The molecular formula is C18H15ClN2OS. The van der Waals surface area contributed by atoms with Crippen LogP contribution in [0.25, 0.3) is 10.6 Å². The van der Waals surface area contributed by atoms with Gasteiger partial charge in [0.1, 0.15) is 5.01 Å². The van der Waals surface area contributed by atoms with E-state index < -0.39 is 0 Å². The Bertz CT molecular complexity index is 830. The van der Waals surface area contributed by atoms with Crippen LogP contribution >= 0.6 is 22.9 Å². The smallest absolute Gasteiger partial charge is 0.230 e. The van der Waals surface area contributed by atoms with Gasteiger partial charge < -0.3 is 5.32 Å². The first-order valence-electron chi connectivity index (χ1n) is 7.17. The lowest BCUT2D eigenvalue weighted by atomic mass is 10.2. The van der Waals surface area contributed by atoms with Crippen molar-refractivity contribution >= 4 is 34.5 Å². The largest absolute Gasteiger partial charge is 0.326 e. The average Bonchev–Trinajstić information content (AvgIpc) is 2.99. The minimum Gasteiger partial charge on any atom is -0.326 e. The van der Waals surface area contributed by atoms with Gasteiger partial charge in [-0.3, -0.25) is 4.79 Å². The third-order valence-corrected chi connectivity index (χ3v) is 4.55. The van der Waals surface area contributed by atoms with Crippen molar-refractivity contribution in [3.05, 3.63) is 70.2 Å². The van der Waals surface area contributed by atoms with E-state index in [0.29, 0.717) is 5.02 Å². The van der Waals surface area contributed by atoms with Crippen molar-refractivity contribution < 1.29 is 4.79 Å². The second kappa shape index (κ2) is 6.94. The van der Waals surface area contributed by atoms with E-state index in [1.54, 1.807) is 17.4 Å². The first kappa shape index (κ1) is 15.7. The molecule has 1 N–H and O–H groups in total. The predicted octanol–water partition coefficient (Wildman–Crippen LogP) is 4.95. The number of hydrogen-bond acceptors (Lipinski definition) is 3. The molecule has 0 fully saturated rings. The Hall–Kier alpha value is -2.17. The number of amides is 1. The molecular weight excluding hydrogens is 328 g/mol. The summed E-state index contributed by atoms with van der Waals surface area (Å²) in [5.41, 5.74) is 3.56. The lowest BCUT2D eigenvalue weighted by molar-refractivity contribution is -0.115. The van der Waals surface area contributed by atoms with Gasteiger partial charge in [0.15, 0.2) is 0 Å². The van der Waals surface area contributed by atoms with Gasteiger partial charge in [-0.05, 0) is 30.7 Å². The number of benzene rings is 2. The summed E-state index contributed by atoms with van der Waals surface area (Å²) >= 11 is 7.47. The predicted molar refractivity (Wildman–Crippen MR) is 96.1 cm³/mol. The van der Waals surface area contributed by atoms with E-state index in [1.807, 2.05) is 54.8 Å². The van der Waals surface area contributed by atoms with Gasteiger partial charge in [-0.15, -0.1) is 11.3 Å². The molecule has 2 aromatic carbocycles. The molecule has 0 aliphatic carbocycles. The van der Waals surface area contributed by atoms with Gasteiger partial charge in [0.25, 0.3) is 0 Å². The fourth-order valence-corrected chi connectivity index (χ4v) is 3.28. The number of hydrogen-bond donors (Lipinski definition) is 1. The van der Waals surface area contributed by atoms with Gasteiger partial charge in [-0.25, -0.2) is 4.98 Å². The minimum atomic E-state index is -0.0830. The van der Waals surface area contributed by atoms with Crippen LogP contribution in [0.15, 0.2) is 53.9 Å². The number of thiazole rings is 1. The number of nitrogens with one attached hydrogen (secondary N) is 1. The van der Waals surface area contributed by atoms with Gasteiger partial charge in [-0.1, -0.05) is 41.9 Å². The van der Waals surface area contributed by atoms with Crippen molar-refractivity contribution in [3.8, 4) is 10.6 Å². The molecule has 0 saturated carbocycles. The number of aromatic nitrogens is 1. The first-order chi connectivity index (χ1) is 11.1. The SMILES string of the molecule is Cc1cc(Cl)ccc1NC(=O)Cc1csc(-c2ccccc2)n1. The molecule has 3 aromatic rings. The zero-order valence-corrected chi connectivity index (χ0v) is 14.1. The zero-order valence-electron chi connectivity index (χ0n) is 12.5. The van der Waals surface area contributed by atoms with E-state index in [-0.39, 0.29) is 12.3 Å². The second-order valence-corrected chi connectivity index (χ2v) is 6.49. The second-order valence-electron chi connectivity index (χ2n) is 5.19. The number of carbonyl (C=O) groups is 1. The van der Waals surface area contributed by atoms with E-state index in [0.717, 1.165) is 27.5 Å². The van der Waals surface area contributed by atoms with Gasteiger partial charge >= 0.3 is 0 Å². The highest BCUT2D eigenvalue weighted by Gasteiger charge is 2.10. The number of carbonyl (C=O) groups excluding carboxylic acids is 1. The number of nitrogens with zero attached hydrogens (tertiary/aromatic N) is 1. The summed E-state index contributed by atoms with van der Waals surface area (Å²) in [5, 5.41) is 6.42. The molecule has 3 nitrogen and oxygen atoms in total. The Balaban J connectivity index is 1.68. The van der Waals surface area contributed by atoms with E-state index in [9.17, 15) is 4.79 Å². The van der Waals surface area contributed by atoms with Gasteiger partial charge in [0.2, 0.25) is 5.91 Å². The van der Waals surface area contributed by atoms with Crippen LogP contribution in [0.1, 0.15) is 11.3 Å². The lowest BCUT2D eigenvalue weighted by Gasteiger charge is -2.07. The average molecular weight is 343 g/mol. The number of aryl methyl sites for hydroxylation is 1. The molecule has 0 atom stereocenters. The highest BCUT2D eigenvalue weighted by Crippen LogP contribution is 2.24. The normalized spacial score (nSPS) is 10.5. The minimum absolute atomic E-state index is 0.0830. The number of halogens is 1. The molecule has 0 aliphatic rings. The lowest BCUT2D eigenvalue weighted by Crippen LogP contribution is -2.15. The molecule has 0 radical (unpaired) electrons. The van der Waals surface area contributed by atoms with Crippen LogP contribution in [0, 0.1) is 6.92 Å². The molecule has 3 rings (SSSR count). The summed E-state index contributed by atoms with van der Waals surface area (Å²) in [4.78, 5) is 16.7. The summed E-state index contributed by atoms with van der Waals surface area (Å²) in [6, 6.07) is 15.4. The maximum atomic E-state index is 12.2. The summed E-state index contributed by atoms with van der Waals surface area (Å²) < 4.78 is 0. The van der Waals surface area contributed by atoms with Crippen molar-refractivity contribution in [2.45, 2.75) is 13.3 Å². The standard InChI is InChI=1S/C18H15ClN2OS/c1-12-9-14(19)7-8-16(12)21-17(22)10-15-11-23-18(20-15)13-5-3-2-4-6-13/h2-9,11H,10H2,1H3,(H,21,22). The topological polar surface area (TPSA) is 42.0 Å². The van der Waals surface area contributed by atoms with Gasteiger partial charge in [0, 0.05) is 21.7 Å². The molecule has 0 bridgehead atoms. The maximum absolute atomic E-state index is 12.2. The van der Waals surface area contributed by atoms with Crippen molar-refractivity contribution in [1.29, 1.82) is 0 Å². The monoisotopic (exact) mass is 342 g/mol. The van der Waals surface area contributed by atoms with Crippen LogP contribution in [0.2, 0.25) is 5.02 Å². The molecule has 23 heavy (non-hydrogen) atoms. The Labute approximate surface area is 144 Å².